The van der Waals surface area contributed by atoms with E-state index < -0.39 is 0 Å². The second-order valence-corrected chi connectivity index (χ2v) is 6.77. The molecule has 0 saturated carbocycles. The molecule has 5 heteroatoms. The topological polar surface area (TPSA) is 58.2 Å². The third kappa shape index (κ3) is 4.14. The van der Waals surface area contributed by atoms with Crippen molar-refractivity contribution in [1.82, 2.24) is 0 Å². The molecule has 0 spiro atoms. The Balaban J connectivity index is 1.92. The first-order valence-corrected chi connectivity index (χ1v) is 8.69. The Kier molecular flexibility index (Phi) is 4.95. The van der Waals surface area contributed by atoms with Crippen molar-refractivity contribution in [2.24, 2.45) is 0 Å². The quantitative estimate of drug-likeness (QED) is 0.700. The summed E-state index contributed by atoms with van der Waals surface area (Å²) < 4.78 is 0. The monoisotopic (exact) mass is 350 g/mol. The molecule has 126 valence electrons. The summed E-state index contributed by atoms with van der Waals surface area (Å²) in [5.41, 5.74) is 3.31. The van der Waals surface area contributed by atoms with Crippen LogP contribution in [0.3, 0.4) is 0 Å². The lowest BCUT2D eigenvalue weighted by molar-refractivity contribution is -0.114. The van der Waals surface area contributed by atoms with E-state index in [-0.39, 0.29) is 11.8 Å². The van der Waals surface area contributed by atoms with Gasteiger partial charge in [0.15, 0.2) is 0 Å². The molecular formula is C20H18N2O2S. The van der Waals surface area contributed by atoms with Crippen LogP contribution in [0.5, 0.6) is 0 Å². The van der Waals surface area contributed by atoms with Crippen molar-refractivity contribution in [3.8, 4) is 10.4 Å². The molecule has 0 atom stereocenters. The molecule has 3 rings (SSSR count). The minimum Gasteiger partial charge on any atom is -0.322 e. The highest BCUT2D eigenvalue weighted by molar-refractivity contribution is 7.20. The number of amides is 2. The number of aryl methyl sites for hydroxylation is 1. The smallest absolute Gasteiger partial charge is 0.258 e. The maximum Gasteiger partial charge on any atom is 0.258 e. The van der Waals surface area contributed by atoms with Gasteiger partial charge in [-0.1, -0.05) is 48.0 Å². The first-order valence-electron chi connectivity index (χ1n) is 7.88. The minimum absolute atomic E-state index is 0.203. The third-order valence-corrected chi connectivity index (χ3v) is 4.73. The molecule has 0 bridgehead atoms. The van der Waals surface area contributed by atoms with Crippen LogP contribution in [-0.4, -0.2) is 11.8 Å². The molecule has 0 saturated heterocycles. The van der Waals surface area contributed by atoms with Gasteiger partial charge >= 0.3 is 0 Å². The van der Waals surface area contributed by atoms with Crippen molar-refractivity contribution in [3.05, 3.63) is 71.8 Å². The fourth-order valence-electron chi connectivity index (χ4n) is 2.39. The molecule has 0 radical (unpaired) electrons. The summed E-state index contributed by atoms with van der Waals surface area (Å²) in [6.45, 7) is 3.43. The molecule has 3 aromatic rings. The number of hydrogen-bond acceptors (Lipinski definition) is 3. The van der Waals surface area contributed by atoms with E-state index in [0.29, 0.717) is 10.6 Å². The predicted octanol–water partition coefficient (Wildman–Crippen LogP) is 4.93. The van der Waals surface area contributed by atoms with E-state index in [2.05, 4.69) is 10.6 Å². The van der Waals surface area contributed by atoms with Gasteiger partial charge in [-0.05, 0) is 30.7 Å². The molecule has 2 aromatic carbocycles. The van der Waals surface area contributed by atoms with E-state index >= 15 is 0 Å². The highest BCUT2D eigenvalue weighted by atomic mass is 32.1. The number of carbonyl (C=O) groups is 2. The summed E-state index contributed by atoms with van der Waals surface area (Å²) in [6.07, 6.45) is 0. The third-order valence-electron chi connectivity index (χ3n) is 3.63. The lowest BCUT2D eigenvalue weighted by atomic mass is 10.1. The van der Waals surface area contributed by atoms with Crippen LogP contribution in [-0.2, 0) is 4.79 Å². The van der Waals surface area contributed by atoms with E-state index in [1.54, 1.807) is 0 Å². The lowest BCUT2D eigenvalue weighted by Gasteiger charge is -2.06. The van der Waals surface area contributed by atoms with E-state index in [1.807, 2.05) is 67.6 Å². The molecule has 0 unspecified atom stereocenters. The van der Waals surface area contributed by atoms with Gasteiger partial charge in [-0.15, -0.1) is 11.3 Å². The van der Waals surface area contributed by atoms with Gasteiger partial charge in [0.25, 0.3) is 5.91 Å². The van der Waals surface area contributed by atoms with Gasteiger partial charge in [0.05, 0.1) is 5.56 Å². The Hall–Kier alpha value is -2.92. The van der Waals surface area contributed by atoms with Gasteiger partial charge in [-0.25, -0.2) is 0 Å². The standard InChI is InChI=1S/C20H18N2O2S/c1-13-8-10-16(11-9-13)22-19(24)17-12-18(15-6-4-3-5-7-15)25-20(17)21-14(2)23/h3-12H,1-2H3,(H,21,23)(H,22,24). The van der Waals surface area contributed by atoms with Gasteiger partial charge in [-0.3, -0.25) is 9.59 Å². The molecule has 0 aliphatic carbocycles. The van der Waals surface area contributed by atoms with Crippen LogP contribution in [0.2, 0.25) is 0 Å². The predicted molar refractivity (Wildman–Crippen MR) is 103 cm³/mol. The number of thiophene rings is 1. The average Bonchev–Trinajstić information content (AvgIpc) is 3.01. The average molecular weight is 350 g/mol. The number of hydrogen-bond donors (Lipinski definition) is 2. The molecule has 0 aliphatic rings. The van der Waals surface area contributed by atoms with Crippen molar-refractivity contribution in [1.29, 1.82) is 0 Å². The van der Waals surface area contributed by atoms with Crippen molar-refractivity contribution in [2.45, 2.75) is 13.8 Å². The first-order chi connectivity index (χ1) is 12.0. The normalized spacial score (nSPS) is 10.3. The minimum atomic E-state index is -0.244. The van der Waals surface area contributed by atoms with Crippen LogP contribution in [0.4, 0.5) is 10.7 Å². The number of nitrogens with one attached hydrogen (secondary N) is 2. The van der Waals surface area contributed by atoms with Gasteiger partial charge in [0, 0.05) is 17.5 Å². The molecule has 0 fully saturated rings. The zero-order valence-electron chi connectivity index (χ0n) is 14.0. The maximum absolute atomic E-state index is 12.7. The number of benzene rings is 2. The lowest BCUT2D eigenvalue weighted by Crippen LogP contribution is -2.14. The Morgan fingerprint density at radius 1 is 0.920 bits per heavy atom. The number of carbonyl (C=O) groups excluding carboxylic acids is 2. The van der Waals surface area contributed by atoms with Crippen LogP contribution in [0.1, 0.15) is 22.8 Å². The summed E-state index contributed by atoms with van der Waals surface area (Å²) in [6, 6.07) is 19.2. The van der Waals surface area contributed by atoms with E-state index in [1.165, 1.54) is 18.3 Å². The SMILES string of the molecule is CC(=O)Nc1sc(-c2ccccc2)cc1C(=O)Nc1ccc(C)cc1. The largest absolute Gasteiger partial charge is 0.322 e. The molecule has 2 N–H and O–H groups in total. The van der Waals surface area contributed by atoms with Crippen LogP contribution in [0.25, 0.3) is 10.4 Å². The van der Waals surface area contributed by atoms with Crippen molar-refractivity contribution in [3.63, 3.8) is 0 Å². The zero-order valence-corrected chi connectivity index (χ0v) is 14.8. The molecule has 1 aromatic heterocycles. The van der Waals surface area contributed by atoms with Crippen molar-refractivity contribution in [2.75, 3.05) is 10.6 Å². The Morgan fingerprint density at radius 3 is 2.24 bits per heavy atom. The zero-order chi connectivity index (χ0) is 17.8. The van der Waals surface area contributed by atoms with E-state index in [4.69, 9.17) is 0 Å². The Bertz CT molecular complexity index is 899. The second kappa shape index (κ2) is 7.32. The molecule has 4 nitrogen and oxygen atoms in total. The number of rotatable bonds is 4. The number of anilines is 2. The summed E-state index contributed by atoms with van der Waals surface area (Å²) in [7, 11) is 0. The van der Waals surface area contributed by atoms with E-state index in [9.17, 15) is 9.59 Å². The molecule has 0 aliphatic heterocycles. The molecular weight excluding hydrogens is 332 g/mol. The second-order valence-electron chi connectivity index (χ2n) is 5.72. The van der Waals surface area contributed by atoms with Gasteiger partial charge in [0.1, 0.15) is 5.00 Å². The molecule has 2 amide bonds. The van der Waals surface area contributed by atoms with Gasteiger partial charge in [-0.2, -0.15) is 0 Å². The Labute approximate surface area is 150 Å². The van der Waals surface area contributed by atoms with Gasteiger partial charge in [0.2, 0.25) is 5.91 Å². The molecule has 1 heterocycles. The van der Waals surface area contributed by atoms with Crippen LogP contribution < -0.4 is 10.6 Å². The van der Waals surface area contributed by atoms with Crippen LogP contribution in [0, 0.1) is 6.92 Å². The highest BCUT2D eigenvalue weighted by Gasteiger charge is 2.18. The van der Waals surface area contributed by atoms with Crippen LogP contribution >= 0.6 is 11.3 Å². The first kappa shape index (κ1) is 16.9. The van der Waals surface area contributed by atoms with Crippen molar-refractivity contribution < 1.29 is 9.59 Å². The van der Waals surface area contributed by atoms with E-state index in [0.717, 1.165) is 21.7 Å². The van der Waals surface area contributed by atoms with Gasteiger partial charge < -0.3 is 10.6 Å². The summed E-state index contributed by atoms with van der Waals surface area (Å²) in [4.78, 5) is 25.1. The van der Waals surface area contributed by atoms with Crippen molar-refractivity contribution >= 4 is 33.8 Å². The summed E-state index contributed by atoms with van der Waals surface area (Å²) in [5, 5.41) is 6.19. The van der Waals surface area contributed by atoms with Crippen LogP contribution in [0.15, 0.2) is 60.7 Å². The maximum atomic E-state index is 12.7. The molecule has 25 heavy (non-hydrogen) atoms. The fourth-order valence-corrected chi connectivity index (χ4v) is 3.50. The fraction of sp³-hybridized carbons (Fsp3) is 0.100. The summed E-state index contributed by atoms with van der Waals surface area (Å²) >= 11 is 1.39. The Morgan fingerprint density at radius 2 is 1.60 bits per heavy atom. The summed E-state index contributed by atoms with van der Waals surface area (Å²) in [5.74, 6) is -0.447. The highest BCUT2D eigenvalue weighted by Crippen LogP contribution is 2.35.